The van der Waals surface area contributed by atoms with E-state index in [-0.39, 0.29) is 29.5 Å². The molecule has 400 valence electrons. The average molecular weight is 1110 g/mol. The van der Waals surface area contributed by atoms with Crippen molar-refractivity contribution in [1.82, 2.24) is 25.6 Å². The third-order valence-corrected chi connectivity index (χ3v) is 21.7. The molecule has 8 rings (SSSR count). The highest BCUT2D eigenvalue weighted by molar-refractivity contribution is 8.00. The average Bonchev–Trinajstić information content (AvgIpc) is 4.19. The van der Waals surface area contributed by atoms with Crippen LogP contribution in [0.25, 0.3) is 22.2 Å². The molecule has 2 amide bonds. The molecule has 8 aromatic rings. The van der Waals surface area contributed by atoms with Gasteiger partial charge < -0.3 is 34.6 Å². The largest absolute Gasteiger partial charge is 0.477 e. The molecule has 0 radical (unpaired) electrons. The van der Waals surface area contributed by atoms with Crippen LogP contribution in [0.4, 0.5) is 4.79 Å². The molecule has 3 aromatic heterocycles. The Morgan fingerprint density at radius 3 is 1.83 bits per heavy atom. The number of carbonyl (C=O) groups excluding carboxylic acids is 3. The van der Waals surface area contributed by atoms with Gasteiger partial charge in [-0.15, -0.1) is 34.4 Å². The van der Waals surface area contributed by atoms with Crippen LogP contribution < -0.4 is 10.6 Å². The van der Waals surface area contributed by atoms with Crippen LogP contribution in [0.1, 0.15) is 119 Å². The summed E-state index contributed by atoms with van der Waals surface area (Å²) < 4.78 is 18.0. The Hall–Kier alpha value is -6.89. The molecule has 0 saturated heterocycles. The van der Waals surface area contributed by atoms with E-state index in [4.69, 9.17) is 23.9 Å². The number of nitrogens with zero attached hydrogens (tertiary/aromatic N) is 2. The molecule has 0 aliphatic heterocycles. The summed E-state index contributed by atoms with van der Waals surface area (Å²) >= 11 is 4.35. The molecule has 3 atom stereocenters. The number of aromatic carboxylic acids is 1. The maximum atomic E-state index is 14.9. The highest BCUT2D eigenvalue weighted by atomic mass is 32.2. The number of thioether (sulfide) groups is 1. The van der Waals surface area contributed by atoms with E-state index in [1.165, 1.54) is 22.7 Å². The number of carboxylic acids is 1. The molecule has 13 nitrogen and oxygen atoms in total. The Bertz CT molecular complexity index is 3220. The van der Waals surface area contributed by atoms with Crippen LogP contribution in [0.3, 0.4) is 0 Å². The van der Waals surface area contributed by atoms with Crippen molar-refractivity contribution in [3.63, 3.8) is 0 Å². The summed E-state index contributed by atoms with van der Waals surface area (Å²) in [5.41, 5.74) is 6.00. The number of carboxylic acid groups (broad SMARTS) is 1. The molecular formula is C60H65N5O8S3Si. The molecular weight excluding hydrogens is 1040 g/mol. The molecule has 0 unspecified atom stereocenters. The van der Waals surface area contributed by atoms with Gasteiger partial charge >= 0.3 is 18.0 Å². The minimum Gasteiger partial charge on any atom is -0.477 e. The number of esters is 1. The lowest BCUT2D eigenvalue weighted by Gasteiger charge is -2.39. The fraction of sp³-hybridized carbons (Fsp3) is 0.300. The quantitative estimate of drug-likeness (QED) is 0.0324. The normalized spacial score (nSPS) is 13.4. The van der Waals surface area contributed by atoms with E-state index in [2.05, 4.69) is 72.8 Å². The molecule has 0 fully saturated rings. The number of aromatic amines is 1. The van der Waals surface area contributed by atoms with Crippen LogP contribution in [0.15, 0.2) is 150 Å². The lowest BCUT2D eigenvalue weighted by molar-refractivity contribution is -0.154. The number of fused-ring (bicyclic) bond motifs is 1. The van der Waals surface area contributed by atoms with Gasteiger partial charge in [0, 0.05) is 39.4 Å². The predicted molar refractivity (Wildman–Crippen MR) is 310 cm³/mol. The Labute approximate surface area is 463 Å². The van der Waals surface area contributed by atoms with E-state index in [0.717, 1.165) is 27.9 Å². The first-order valence-corrected chi connectivity index (χ1v) is 31.0. The fourth-order valence-corrected chi connectivity index (χ4v) is 13.5. The first-order chi connectivity index (χ1) is 36.6. The number of hydrogen-bond donors (Lipinski definition) is 4. The van der Waals surface area contributed by atoms with Crippen molar-refractivity contribution in [3.05, 3.63) is 200 Å². The lowest BCUT2D eigenvalue weighted by atomic mass is 9.84. The van der Waals surface area contributed by atoms with E-state index in [9.17, 15) is 24.3 Å². The van der Waals surface area contributed by atoms with Gasteiger partial charge in [-0.2, -0.15) is 0 Å². The van der Waals surface area contributed by atoms with Crippen LogP contribution in [-0.2, 0) is 30.0 Å². The lowest BCUT2D eigenvalue weighted by Crippen LogP contribution is -2.48. The van der Waals surface area contributed by atoms with Crippen LogP contribution in [0, 0.1) is 6.92 Å². The van der Waals surface area contributed by atoms with Crippen molar-refractivity contribution in [2.45, 2.75) is 108 Å². The van der Waals surface area contributed by atoms with Gasteiger partial charge in [0.15, 0.2) is 8.32 Å². The molecule has 0 saturated carbocycles. The zero-order valence-electron chi connectivity index (χ0n) is 44.7. The fourth-order valence-electron chi connectivity index (χ4n) is 8.81. The van der Waals surface area contributed by atoms with Gasteiger partial charge in [0.05, 0.1) is 22.5 Å². The second kappa shape index (κ2) is 23.8. The summed E-state index contributed by atoms with van der Waals surface area (Å²) in [4.78, 5) is 68.1. The van der Waals surface area contributed by atoms with E-state index >= 15 is 0 Å². The van der Waals surface area contributed by atoms with Crippen LogP contribution >= 0.6 is 34.4 Å². The zero-order valence-corrected chi connectivity index (χ0v) is 48.2. The first-order valence-electron chi connectivity index (χ1n) is 25.4. The highest BCUT2D eigenvalue weighted by Crippen LogP contribution is 2.50. The number of thiazole rings is 2. The molecule has 0 spiro atoms. The predicted octanol–water partition coefficient (Wildman–Crippen LogP) is 14.0. The van der Waals surface area contributed by atoms with E-state index in [0.29, 0.717) is 37.8 Å². The molecule has 17 heteroatoms. The van der Waals surface area contributed by atoms with Gasteiger partial charge in [0.25, 0.3) is 5.91 Å². The van der Waals surface area contributed by atoms with Crippen LogP contribution in [-0.4, -0.2) is 69.8 Å². The summed E-state index contributed by atoms with van der Waals surface area (Å²) in [7, 11) is -2.72. The van der Waals surface area contributed by atoms with Crippen LogP contribution in [0.2, 0.25) is 18.1 Å². The summed E-state index contributed by atoms with van der Waals surface area (Å²) in [6.07, 6.45) is -2.07. The molecule has 0 bridgehead atoms. The van der Waals surface area contributed by atoms with Crippen molar-refractivity contribution in [2.75, 3.05) is 5.75 Å². The summed E-state index contributed by atoms with van der Waals surface area (Å²) in [5.74, 6) is -1.83. The summed E-state index contributed by atoms with van der Waals surface area (Å²) in [6, 6.07) is 44.8. The number of ether oxygens (including phenoxy) is 2. The van der Waals surface area contributed by atoms with Crippen molar-refractivity contribution in [1.29, 1.82) is 0 Å². The molecule has 3 heterocycles. The van der Waals surface area contributed by atoms with E-state index < -0.39 is 60.8 Å². The molecule has 0 aliphatic rings. The standard InChI is InChI=1S/C60H65N5O8S3Si/c1-38-50-40(25-22-32-44(50)61-51(38)55(67)68)34-71-56(69)49(73-77(8,9)59(5,6)7)33-45(65-57(70)72-58(2,3)4)53-64-47(36-75-53)52(66)62-48(54-63-46(35-74-54)39-23-14-10-15-24-39)37-76-60(41-26-16-11-17-27-41,42-28-18-12-19-29-42)43-30-20-13-21-31-43/h10-32,35-36,45,48-49,61H,33-34,37H2,1-9H3,(H,62,66)(H,65,70)(H,67,68)/t45-,48-,49-/m0/s1. The van der Waals surface area contributed by atoms with Gasteiger partial charge in [-0.1, -0.05) is 154 Å². The second-order valence-electron chi connectivity index (χ2n) is 21.3. The van der Waals surface area contributed by atoms with Crippen LogP contribution in [0.5, 0.6) is 0 Å². The number of aryl methyl sites for hydroxylation is 1. The Kier molecular flexibility index (Phi) is 17.4. The summed E-state index contributed by atoms with van der Waals surface area (Å²) in [5, 5.41) is 21.1. The van der Waals surface area contributed by atoms with Crippen molar-refractivity contribution < 1.29 is 38.2 Å². The number of hydrogen-bond acceptors (Lipinski definition) is 12. The molecule has 4 N–H and O–H groups in total. The van der Waals surface area contributed by atoms with E-state index in [1.54, 1.807) is 63.0 Å². The number of nitrogens with one attached hydrogen (secondary N) is 3. The molecule has 0 aliphatic carbocycles. The third-order valence-electron chi connectivity index (χ3n) is 13.6. The minimum absolute atomic E-state index is 0.0523. The molecule has 5 aromatic carbocycles. The number of carbonyl (C=O) groups is 4. The maximum Gasteiger partial charge on any atom is 0.408 e. The monoisotopic (exact) mass is 1110 g/mol. The van der Waals surface area contributed by atoms with Gasteiger partial charge in [0.2, 0.25) is 0 Å². The van der Waals surface area contributed by atoms with Gasteiger partial charge in [-0.3, -0.25) is 4.79 Å². The summed E-state index contributed by atoms with van der Waals surface area (Å²) in [6.45, 7) is 17.0. The van der Waals surface area contributed by atoms with Gasteiger partial charge in [-0.05, 0) is 79.7 Å². The van der Waals surface area contributed by atoms with Gasteiger partial charge in [0.1, 0.15) is 39.7 Å². The number of benzene rings is 5. The number of alkyl carbamates (subject to hydrolysis) is 1. The van der Waals surface area contributed by atoms with Crippen molar-refractivity contribution in [2.24, 2.45) is 0 Å². The third kappa shape index (κ3) is 13.3. The number of rotatable bonds is 20. The Balaban J connectivity index is 1.13. The number of aromatic nitrogens is 3. The molecule has 77 heavy (non-hydrogen) atoms. The van der Waals surface area contributed by atoms with Crippen molar-refractivity contribution in [3.8, 4) is 11.3 Å². The first kappa shape index (κ1) is 56.3. The highest BCUT2D eigenvalue weighted by Gasteiger charge is 2.43. The topological polar surface area (TPSA) is 182 Å². The zero-order chi connectivity index (χ0) is 55.1. The van der Waals surface area contributed by atoms with Gasteiger partial charge in [-0.25, -0.2) is 24.4 Å². The maximum absolute atomic E-state index is 14.9. The minimum atomic E-state index is -2.72. The van der Waals surface area contributed by atoms with E-state index in [1.807, 2.05) is 103 Å². The Morgan fingerprint density at radius 1 is 0.714 bits per heavy atom. The van der Waals surface area contributed by atoms with Crippen molar-refractivity contribution >= 4 is 77.6 Å². The SMILES string of the molecule is Cc1c(C(=O)O)[nH]c2cccc(COC(=O)[C@H](C[C@H](NC(=O)OC(C)(C)C)c3nc(C(=O)N[C@@H](CSC(c4ccccc4)(c4ccccc4)c4ccccc4)c4nc(-c5ccccc5)cs4)cs3)O[Si](C)(C)C(C)(C)C)c12. The number of H-pyrrole nitrogens is 1. The Morgan fingerprint density at radius 2 is 1.27 bits per heavy atom. The smallest absolute Gasteiger partial charge is 0.408 e. The second-order valence-corrected chi connectivity index (χ2v) is 29.1. The number of amides is 2.